The number of anilines is 1. The first-order valence-electron chi connectivity index (χ1n) is 8.14. The van der Waals surface area contributed by atoms with Gasteiger partial charge >= 0.3 is 0 Å². The second-order valence-corrected chi connectivity index (χ2v) is 6.02. The molecule has 1 aliphatic rings. The molecular weight excluding hydrogens is 319 g/mol. The summed E-state index contributed by atoms with van der Waals surface area (Å²) in [7, 11) is 0. The van der Waals surface area contributed by atoms with Crippen molar-refractivity contribution in [2.24, 2.45) is 0 Å². The molecule has 25 heavy (non-hydrogen) atoms. The summed E-state index contributed by atoms with van der Waals surface area (Å²) < 4.78 is 19.4. The molecule has 0 saturated carbocycles. The van der Waals surface area contributed by atoms with Gasteiger partial charge in [-0.05, 0) is 42.3 Å². The van der Waals surface area contributed by atoms with Gasteiger partial charge in [-0.15, -0.1) is 5.10 Å². The standard InChI is InChI=1S/C19H17FN4O/c1-13-6-8-22-23-19(13)24-9-7-17-14(12-24)10-15(11-21-17)25-18-5-3-2-4-16(18)20/h2-6,8,10-11H,7,9,12H2,1H3. The van der Waals surface area contributed by atoms with Crippen molar-refractivity contribution in [1.29, 1.82) is 0 Å². The average molecular weight is 336 g/mol. The molecule has 0 fully saturated rings. The zero-order valence-corrected chi connectivity index (χ0v) is 13.8. The second kappa shape index (κ2) is 6.47. The lowest BCUT2D eigenvalue weighted by Gasteiger charge is -2.29. The van der Waals surface area contributed by atoms with E-state index in [0.717, 1.165) is 35.6 Å². The van der Waals surface area contributed by atoms with Crippen molar-refractivity contribution in [3.63, 3.8) is 0 Å². The van der Waals surface area contributed by atoms with E-state index in [1.807, 2.05) is 19.1 Å². The van der Waals surface area contributed by atoms with Gasteiger partial charge in [0.2, 0.25) is 0 Å². The van der Waals surface area contributed by atoms with Gasteiger partial charge in [-0.2, -0.15) is 5.10 Å². The molecule has 0 unspecified atom stereocenters. The lowest BCUT2D eigenvalue weighted by Crippen LogP contribution is -2.32. The molecule has 3 heterocycles. The van der Waals surface area contributed by atoms with E-state index in [9.17, 15) is 4.39 Å². The first-order chi connectivity index (χ1) is 12.2. The fourth-order valence-corrected chi connectivity index (χ4v) is 2.99. The van der Waals surface area contributed by atoms with Gasteiger partial charge in [-0.1, -0.05) is 12.1 Å². The Morgan fingerprint density at radius 2 is 2.08 bits per heavy atom. The predicted octanol–water partition coefficient (Wildman–Crippen LogP) is 3.67. The van der Waals surface area contributed by atoms with Gasteiger partial charge in [0.15, 0.2) is 17.4 Å². The Morgan fingerprint density at radius 1 is 1.20 bits per heavy atom. The zero-order chi connectivity index (χ0) is 17.2. The first-order valence-corrected chi connectivity index (χ1v) is 8.14. The van der Waals surface area contributed by atoms with E-state index in [4.69, 9.17) is 4.74 Å². The fourth-order valence-electron chi connectivity index (χ4n) is 2.99. The number of ether oxygens (including phenoxy) is 1. The molecule has 0 N–H and O–H groups in total. The maximum absolute atomic E-state index is 13.8. The number of fused-ring (bicyclic) bond motifs is 1. The van der Waals surface area contributed by atoms with Crippen molar-refractivity contribution in [3.8, 4) is 11.5 Å². The monoisotopic (exact) mass is 336 g/mol. The van der Waals surface area contributed by atoms with Crippen LogP contribution in [0.25, 0.3) is 0 Å². The first kappa shape index (κ1) is 15.5. The van der Waals surface area contributed by atoms with Crippen LogP contribution >= 0.6 is 0 Å². The van der Waals surface area contributed by atoms with Gasteiger partial charge in [-0.3, -0.25) is 4.98 Å². The highest BCUT2D eigenvalue weighted by molar-refractivity contribution is 5.48. The summed E-state index contributed by atoms with van der Waals surface area (Å²) in [5.41, 5.74) is 3.19. The molecular formula is C19H17FN4O. The van der Waals surface area contributed by atoms with Crippen LogP contribution in [0, 0.1) is 12.7 Å². The van der Waals surface area contributed by atoms with E-state index in [0.29, 0.717) is 12.3 Å². The van der Waals surface area contributed by atoms with Gasteiger partial charge in [0.05, 0.1) is 12.4 Å². The Bertz CT molecular complexity index is 915. The Morgan fingerprint density at radius 3 is 2.92 bits per heavy atom. The topological polar surface area (TPSA) is 51.1 Å². The van der Waals surface area contributed by atoms with Crippen LogP contribution in [0.3, 0.4) is 0 Å². The molecule has 5 nitrogen and oxygen atoms in total. The summed E-state index contributed by atoms with van der Waals surface area (Å²) >= 11 is 0. The van der Waals surface area contributed by atoms with Crippen LogP contribution in [0.2, 0.25) is 0 Å². The van der Waals surface area contributed by atoms with E-state index >= 15 is 0 Å². The number of hydrogen-bond acceptors (Lipinski definition) is 5. The molecule has 0 bridgehead atoms. The number of aromatic nitrogens is 3. The van der Waals surface area contributed by atoms with Crippen molar-refractivity contribution >= 4 is 5.82 Å². The lowest BCUT2D eigenvalue weighted by atomic mass is 10.1. The molecule has 1 aromatic carbocycles. The van der Waals surface area contributed by atoms with Crippen LogP contribution in [0.5, 0.6) is 11.5 Å². The smallest absolute Gasteiger partial charge is 0.165 e. The third-order valence-electron chi connectivity index (χ3n) is 4.27. The molecule has 126 valence electrons. The Balaban J connectivity index is 1.59. The summed E-state index contributed by atoms with van der Waals surface area (Å²) in [5.74, 6) is 1.22. The molecule has 0 amide bonds. The van der Waals surface area contributed by atoms with Gasteiger partial charge in [0, 0.05) is 25.2 Å². The SMILES string of the molecule is Cc1ccnnc1N1CCc2ncc(Oc3ccccc3F)cc2C1. The Hall–Kier alpha value is -3.02. The second-order valence-electron chi connectivity index (χ2n) is 6.02. The van der Waals surface area contributed by atoms with Crippen molar-refractivity contribution in [1.82, 2.24) is 15.2 Å². The number of rotatable bonds is 3. The molecule has 0 spiro atoms. The minimum atomic E-state index is -0.392. The summed E-state index contributed by atoms with van der Waals surface area (Å²) in [4.78, 5) is 6.67. The predicted molar refractivity (Wildman–Crippen MR) is 92.2 cm³/mol. The largest absolute Gasteiger partial charge is 0.453 e. The van der Waals surface area contributed by atoms with Crippen LogP contribution in [0.1, 0.15) is 16.8 Å². The minimum Gasteiger partial charge on any atom is -0.453 e. The average Bonchev–Trinajstić information content (AvgIpc) is 2.63. The van der Waals surface area contributed by atoms with Crippen molar-refractivity contribution < 1.29 is 9.13 Å². The van der Waals surface area contributed by atoms with Crippen molar-refractivity contribution in [2.75, 3.05) is 11.4 Å². The molecule has 3 aromatic rings. The number of pyridine rings is 1. The quantitative estimate of drug-likeness (QED) is 0.730. The highest BCUT2D eigenvalue weighted by Gasteiger charge is 2.21. The van der Waals surface area contributed by atoms with E-state index in [1.165, 1.54) is 6.07 Å². The highest BCUT2D eigenvalue weighted by Crippen LogP contribution is 2.29. The number of para-hydroxylation sites is 1. The molecule has 4 rings (SSSR count). The maximum Gasteiger partial charge on any atom is 0.165 e. The molecule has 0 saturated heterocycles. The molecule has 0 radical (unpaired) electrons. The van der Waals surface area contributed by atoms with Gasteiger partial charge in [0.25, 0.3) is 0 Å². The number of nitrogens with zero attached hydrogens (tertiary/aromatic N) is 4. The van der Waals surface area contributed by atoms with Crippen LogP contribution in [-0.4, -0.2) is 21.7 Å². The molecule has 1 aliphatic heterocycles. The summed E-state index contributed by atoms with van der Waals surface area (Å²) in [5, 5.41) is 8.24. The highest BCUT2D eigenvalue weighted by atomic mass is 19.1. The van der Waals surface area contributed by atoms with Crippen LogP contribution in [0.4, 0.5) is 10.2 Å². The van der Waals surface area contributed by atoms with Gasteiger partial charge < -0.3 is 9.64 Å². The van der Waals surface area contributed by atoms with Crippen LogP contribution in [-0.2, 0) is 13.0 Å². The number of benzene rings is 1. The summed E-state index contributed by atoms with van der Waals surface area (Å²) in [6, 6.07) is 10.2. The summed E-state index contributed by atoms with van der Waals surface area (Å²) in [6.07, 6.45) is 4.17. The molecule has 0 atom stereocenters. The van der Waals surface area contributed by atoms with Crippen LogP contribution in [0.15, 0.2) is 48.8 Å². The molecule has 2 aromatic heterocycles. The maximum atomic E-state index is 13.8. The molecule has 6 heteroatoms. The van der Waals surface area contributed by atoms with E-state index < -0.39 is 5.82 Å². The number of hydrogen-bond donors (Lipinski definition) is 0. The number of halogens is 1. The third kappa shape index (κ3) is 3.15. The van der Waals surface area contributed by atoms with Crippen molar-refractivity contribution in [3.05, 3.63) is 71.4 Å². The number of aryl methyl sites for hydroxylation is 1. The lowest BCUT2D eigenvalue weighted by molar-refractivity contribution is 0.439. The van der Waals surface area contributed by atoms with Gasteiger partial charge in [-0.25, -0.2) is 4.39 Å². The normalized spacial score (nSPS) is 13.4. The van der Waals surface area contributed by atoms with Crippen LogP contribution < -0.4 is 9.64 Å². The summed E-state index contributed by atoms with van der Waals surface area (Å²) in [6.45, 7) is 3.54. The zero-order valence-electron chi connectivity index (χ0n) is 13.8. The van der Waals surface area contributed by atoms with E-state index in [1.54, 1.807) is 30.6 Å². The minimum absolute atomic E-state index is 0.196. The Labute approximate surface area is 145 Å². The van der Waals surface area contributed by atoms with Crippen molar-refractivity contribution in [2.45, 2.75) is 19.9 Å². The van der Waals surface area contributed by atoms with Gasteiger partial charge in [0.1, 0.15) is 5.75 Å². The third-order valence-corrected chi connectivity index (χ3v) is 4.27. The Kier molecular flexibility index (Phi) is 4.01. The molecule has 0 aliphatic carbocycles. The van der Waals surface area contributed by atoms with E-state index in [2.05, 4.69) is 20.1 Å². The fraction of sp³-hybridized carbons (Fsp3) is 0.211. The van der Waals surface area contributed by atoms with E-state index in [-0.39, 0.29) is 5.75 Å².